The summed E-state index contributed by atoms with van der Waals surface area (Å²) in [5.41, 5.74) is 3.35. The molecule has 1 N–H and O–H groups in total. The average molecular weight is 486 g/mol. The number of aromatic nitrogens is 1. The Labute approximate surface area is 211 Å². The SMILES string of the molecule is CCc1ccc(N2C(=O)NC(=O)/C(=C/c3cccn3CCOc3ccc([C@H](C)CC)cc3)C2=O)cc1. The van der Waals surface area contributed by atoms with Crippen molar-refractivity contribution in [1.82, 2.24) is 9.88 Å². The Kier molecular flexibility index (Phi) is 7.68. The van der Waals surface area contributed by atoms with Crippen LogP contribution < -0.4 is 15.0 Å². The molecule has 0 spiro atoms. The summed E-state index contributed by atoms with van der Waals surface area (Å²) in [6.07, 6.45) is 5.30. The van der Waals surface area contributed by atoms with Gasteiger partial charge in [-0.05, 0) is 72.4 Å². The topological polar surface area (TPSA) is 80.6 Å². The summed E-state index contributed by atoms with van der Waals surface area (Å²) in [7, 11) is 0. The van der Waals surface area contributed by atoms with Gasteiger partial charge in [0.1, 0.15) is 17.9 Å². The van der Waals surface area contributed by atoms with Crippen LogP contribution >= 0.6 is 0 Å². The summed E-state index contributed by atoms with van der Waals surface area (Å²) in [6, 6.07) is 18.2. The highest BCUT2D eigenvalue weighted by molar-refractivity contribution is 6.39. The molecule has 4 rings (SSSR count). The largest absolute Gasteiger partial charge is 0.492 e. The molecular formula is C29H31N3O4. The molecule has 0 radical (unpaired) electrons. The lowest BCUT2D eigenvalue weighted by atomic mass is 9.99. The van der Waals surface area contributed by atoms with Crippen molar-refractivity contribution in [2.24, 2.45) is 0 Å². The lowest BCUT2D eigenvalue weighted by Gasteiger charge is -2.26. The Morgan fingerprint density at radius 2 is 1.69 bits per heavy atom. The van der Waals surface area contributed by atoms with Gasteiger partial charge in [-0.1, -0.05) is 45.0 Å². The van der Waals surface area contributed by atoms with Gasteiger partial charge in [0.25, 0.3) is 11.8 Å². The number of nitrogens with zero attached hydrogens (tertiary/aromatic N) is 2. The van der Waals surface area contributed by atoms with Crippen LogP contribution in [0, 0.1) is 0 Å². The Balaban J connectivity index is 1.47. The van der Waals surface area contributed by atoms with E-state index in [2.05, 4.69) is 31.3 Å². The van der Waals surface area contributed by atoms with E-state index in [0.29, 0.717) is 30.5 Å². The first-order valence-corrected chi connectivity index (χ1v) is 12.3. The number of barbiturate groups is 1. The van der Waals surface area contributed by atoms with Crippen LogP contribution in [0.4, 0.5) is 10.5 Å². The molecule has 3 aromatic rings. The number of carbonyl (C=O) groups is 3. The van der Waals surface area contributed by atoms with Gasteiger partial charge in [0, 0.05) is 11.9 Å². The summed E-state index contributed by atoms with van der Waals surface area (Å²) >= 11 is 0. The molecule has 1 atom stereocenters. The van der Waals surface area contributed by atoms with Crippen molar-refractivity contribution in [3.05, 3.63) is 89.3 Å². The predicted octanol–water partition coefficient (Wildman–Crippen LogP) is 5.31. The van der Waals surface area contributed by atoms with Crippen LogP contribution in [-0.2, 0) is 22.6 Å². The quantitative estimate of drug-likeness (QED) is 0.329. The second kappa shape index (κ2) is 11.1. The summed E-state index contributed by atoms with van der Waals surface area (Å²) < 4.78 is 7.80. The van der Waals surface area contributed by atoms with Gasteiger partial charge in [0.05, 0.1) is 12.2 Å². The highest BCUT2D eigenvalue weighted by atomic mass is 16.5. The molecule has 186 valence electrons. The number of urea groups is 1. The predicted molar refractivity (Wildman–Crippen MR) is 140 cm³/mol. The number of imide groups is 2. The number of hydrogen-bond donors (Lipinski definition) is 1. The van der Waals surface area contributed by atoms with Gasteiger partial charge < -0.3 is 9.30 Å². The molecule has 2 heterocycles. The second-order valence-corrected chi connectivity index (χ2v) is 8.83. The number of amides is 4. The number of hydrogen-bond acceptors (Lipinski definition) is 4. The van der Waals surface area contributed by atoms with Crippen molar-refractivity contribution in [1.29, 1.82) is 0 Å². The fourth-order valence-corrected chi connectivity index (χ4v) is 4.07. The van der Waals surface area contributed by atoms with Gasteiger partial charge in [-0.2, -0.15) is 0 Å². The van der Waals surface area contributed by atoms with Gasteiger partial charge in [-0.15, -0.1) is 0 Å². The molecule has 0 unspecified atom stereocenters. The molecule has 1 aliphatic rings. The monoisotopic (exact) mass is 485 g/mol. The lowest BCUT2D eigenvalue weighted by Crippen LogP contribution is -2.54. The second-order valence-electron chi connectivity index (χ2n) is 8.83. The van der Waals surface area contributed by atoms with Crippen molar-refractivity contribution in [3.63, 3.8) is 0 Å². The first-order chi connectivity index (χ1) is 17.4. The van der Waals surface area contributed by atoms with E-state index in [1.54, 1.807) is 12.1 Å². The van der Waals surface area contributed by atoms with E-state index in [4.69, 9.17) is 4.74 Å². The van der Waals surface area contributed by atoms with Gasteiger partial charge >= 0.3 is 6.03 Å². The molecule has 0 aliphatic carbocycles. The Hall–Kier alpha value is -4.13. The standard InChI is InChI=1S/C29H31N3O4/c1-4-20(3)22-10-14-25(15-11-22)36-18-17-31-16-6-7-24(31)19-26-27(33)30-29(35)32(28(26)34)23-12-8-21(5-2)9-13-23/h6-16,19-20H,4-5,17-18H2,1-3H3,(H,30,33,35)/b26-19-/t20-/m1/s1. The first-order valence-electron chi connectivity index (χ1n) is 12.3. The smallest absolute Gasteiger partial charge is 0.335 e. The van der Waals surface area contributed by atoms with Crippen LogP contribution in [0.5, 0.6) is 5.75 Å². The number of carbonyl (C=O) groups excluding carboxylic acids is 3. The third kappa shape index (κ3) is 5.40. The molecule has 0 bridgehead atoms. The third-order valence-corrected chi connectivity index (χ3v) is 6.52. The molecular weight excluding hydrogens is 454 g/mol. The zero-order valence-electron chi connectivity index (χ0n) is 20.9. The zero-order valence-corrected chi connectivity index (χ0v) is 20.9. The van der Waals surface area contributed by atoms with E-state index in [1.165, 1.54) is 11.6 Å². The molecule has 1 aromatic heterocycles. The molecule has 2 aromatic carbocycles. The van der Waals surface area contributed by atoms with Gasteiger partial charge in [-0.25, -0.2) is 9.69 Å². The number of nitrogens with one attached hydrogen (secondary N) is 1. The van der Waals surface area contributed by atoms with E-state index in [-0.39, 0.29) is 5.57 Å². The van der Waals surface area contributed by atoms with E-state index >= 15 is 0 Å². The Morgan fingerprint density at radius 1 is 0.972 bits per heavy atom. The van der Waals surface area contributed by atoms with Crippen LogP contribution in [0.1, 0.15) is 49.9 Å². The van der Waals surface area contributed by atoms with Gasteiger partial charge in [0.2, 0.25) is 0 Å². The highest BCUT2D eigenvalue weighted by Gasteiger charge is 2.36. The van der Waals surface area contributed by atoms with E-state index in [1.807, 2.05) is 54.1 Å². The van der Waals surface area contributed by atoms with Crippen LogP contribution in [0.25, 0.3) is 6.08 Å². The Bertz CT molecular complexity index is 1270. The maximum Gasteiger partial charge on any atom is 0.335 e. The molecule has 0 saturated carbocycles. The maximum atomic E-state index is 13.2. The minimum absolute atomic E-state index is 0.101. The van der Waals surface area contributed by atoms with Crippen molar-refractivity contribution in [2.75, 3.05) is 11.5 Å². The van der Waals surface area contributed by atoms with Crippen molar-refractivity contribution in [2.45, 2.75) is 46.1 Å². The van der Waals surface area contributed by atoms with Gasteiger partial charge in [-0.3, -0.25) is 14.9 Å². The fourth-order valence-electron chi connectivity index (χ4n) is 4.07. The van der Waals surface area contributed by atoms with Gasteiger partial charge in [0.15, 0.2) is 0 Å². The van der Waals surface area contributed by atoms with E-state index in [0.717, 1.165) is 29.1 Å². The minimum atomic E-state index is -0.755. The lowest BCUT2D eigenvalue weighted by molar-refractivity contribution is -0.122. The number of aryl methyl sites for hydroxylation is 1. The van der Waals surface area contributed by atoms with Crippen molar-refractivity contribution < 1.29 is 19.1 Å². The average Bonchev–Trinajstić information content (AvgIpc) is 3.33. The van der Waals surface area contributed by atoms with Crippen LogP contribution in [0.2, 0.25) is 0 Å². The van der Waals surface area contributed by atoms with E-state index in [9.17, 15) is 14.4 Å². The molecule has 7 heteroatoms. The number of benzene rings is 2. The van der Waals surface area contributed by atoms with Crippen molar-refractivity contribution in [3.8, 4) is 5.75 Å². The molecule has 1 fully saturated rings. The summed E-state index contributed by atoms with van der Waals surface area (Å²) in [5, 5.41) is 2.28. The van der Waals surface area contributed by atoms with Crippen LogP contribution in [-0.4, -0.2) is 29.0 Å². The summed E-state index contributed by atoms with van der Waals surface area (Å²) in [6.45, 7) is 7.34. The first kappa shape index (κ1) is 25.0. The fraction of sp³-hybridized carbons (Fsp3) is 0.276. The minimum Gasteiger partial charge on any atom is -0.492 e. The van der Waals surface area contributed by atoms with E-state index < -0.39 is 17.8 Å². The van der Waals surface area contributed by atoms with Crippen LogP contribution in [0.15, 0.2) is 72.4 Å². The van der Waals surface area contributed by atoms with Crippen LogP contribution in [0.3, 0.4) is 0 Å². The highest BCUT2D eigenvalue weighted by Crippen LogP contribution is 2.24. The molecule has 1 saturated heterocycles. The Morgan fingerprint density at radius 3 is 2.36 bits per heavy atom. The third-order valence-electron chi connectivity index (χ3n) is 6.52. The maximum absolute atomic E-state index is 13.2. The zero-order chi connectivity index (χ0) is 25.7. The van der Waals surface area contributed by atoms with Crippen molar-refractivity contribution >= 4 is 29.6 Å². The summed E-state index contributed by atoms with van der Waals surface area (Å²) in [4.78, 5) is 39.2. The molecule has 1 aliphatic heterocycles. The molecule has 36 heavy (non-hydrogen) atoms. The number of ether oxygens (including phenoxy) is 1. The number of rotatable bonds is 9. The normalized spacial score (nSPS) is 15.8. The molecule has 4 amide bonds. The molecule has 7 nitrogen and oxygen atoms in total. The summed E-state index contributed by atoms with van der Waals surface area (Å²) in [5.74, 6) is -0.0643. The number of anilines is 1.